The monoisotopic (exact) mass is 348 g/mol. The summed E-state index contributed by atoms with van der Waals surface area (Å²) in [5.41, 5.74) is 2.56. The molecular formula is C20H16N2O4. The van der Waals surface area contributed by atoms with Crippen LogP contribution in [-0.4, -0.2) is 22.2 Å². The summed E-state index contributed by atoms with van der Waals surface area (Å²) < 4.78 is 0. The van der Waals surface area contributed by atoms with Crippen molar-refractivity contribution in [2.24, 2.45) is 0 Å². The minimum absolute atomic E-state index is 0.261. The third-order valence-corrected chi connectivity index (χ3v) is 3.71. The van der Waals surface area contributed by atoms with Gasteiger partial charge in [-0.15, -0.1) is 0 Å². The van der Waals surface area contributed by atoms with Crippen LogP contribution in [0.2, 0.25) is 0 Å². The maximum Gasteiger partial charge on any atom is 0.339 e. The fourth-order valence-corrected chi connectivity index (χ4v) is 2.49. The Labute approximate surface area is 149 Å². The van der Waals surface area contributed by atoms with Crippen molar-refractivity contribution in [3.05, 3.63) is 78.4 Å². The molecule has 0 aliphatic heterocycles. The van der Waals surface area contributed by atoms with Crippen molar-refractivity contribution in [1.82, 2.24) is 0 Å². The predicted molar refractivity (Wildman–Crippen MR) is 99.6 cm³/mol. The van der Waals surface area contributed by atoms with Gasteiger partial charge in [-0.1, -0.05) is 42.5 Å². The van der Waals surface area contributed by atoms with Crippen LogP contribution < -0.4 is 10.6 Å². The highest BCUT2D eigenvalue weighted by Gasteiger charge is 2.11. The third kappa shape index (κ3) is 3.99. The molecule has 4 N–H and O–H groups in total. The number of rotatable bonds is 4. The van der Waals surface area contributed by atoms with Gasteiger partial charge < -0.3 is 20.8 Å². The summed E-state index contributed by atoms with van der Waals surface area (Å²) in [5, 5.41) is 23.8. The lowest BCUT2D eigenvalue weighted by atomic mass is 10.1. The van der Waals surface area contributed by atoms with E-state index in [4.69, 9.17) is 5.11 Å². The van der Waals surface area contributed by atoms with Crippen LogP contribution in [-0.2, 0) is 0 Å². The highest BCUT2D eigenvalue weighted by molar-refractivity contribution is 6.01. The number of carboxylic acid groups (broad SMARTS) is 1. The molecule has 130 valence electrons. The molecule has 0 aromatic heterocycles. The molecule has 0 atom stereocenters. The number of anilines is 2. The number of aromatic hydroxyl groups is 1. The van der Waals surface area contributed by atoms with E-state index in [1.165, 1.54) is 18.2 Å². The summed E-state index contributed by atoms with van der Waals surface area (Å²) >= 11 is 0. The largest absolute Gasteiger partial charge is 0.507 e. The van der Waals surface area contributed by atoms with Crippen molar-refractivity contribution in [2.75, 3.05) is 10.6 Å². The number of hydrogen-bond acceptors (Lipinski definition) is 3. The van der Waals surface area contributed by atoms with E-state index in [2.05, 4.69) is 10.6 Å². The Morgan fingerprint density at radius 2 is 1.38 bits per heavy atom. The van der Waals surface area contributed by atoms with E-state index in [1.807, 2.05) is 48.5 Å². The number of benzene rings is 3. The summed E-state index contributed by atoms with van der Waals surface area (Å²) in [6.45, 7) is 0. The average molecular weight is 348 g/mol. The first-order valence-corrected chi connectivity index (χ1v) is 7.83. The van der Waals surface area contributed by atoms with Crippen molar-refractivity contribution in [2.45, 2.75) is 0 Å². The lowest BCUT2D eigenvalue weighted by molar-refractivity contribution is 0.0693. The number of phenols is 1. The molecular weight excluding hydrogens is 332 g/mol. The van der Waals surface area contributed by atoms with Crippen LogP contribution in [0, 0.1) is 0 Å². The predicted octanol–water partition coefficient (Wildman–Crippen LogP) is 4.40. The molecule has 0 unspecified atom stereocenters. The van der Waals surface area contributed by atoms with Crippen molar-refractivity contribution < 1.29 is 19.8 Å². The quantitative estimate of drug-likeness (QED) is 0.525. The molecule has 6 heteroatoms. The molecule has 6 nitrogen and oxygen atoms in total. The summed E-state index contributed by atoms with van der Waals surface area (Å²) in [6.07, 6.45) is 0. The number of urea groups is 1. The highest BCUT2D eigenvalue weighted by atomic mass is 16.4. The molecule has 0 fully saturated rings. The zero-order valence-electron chi connectivity index (χ0n) is 13.6. The smallest absolute Gasteiger partial charge is 0.339 e. The van der Waals surface area contributed by atoms with Crippen LogP contribution in [0.15, 0.2) is 72.8 Å². The minimum Gasteiger partial charge on any atom is -0.507 e. The van der Waals surface area contributed by atoms with E-state index in [0.29, 0.717) is 5.69 Å². The van der Waals surface area contributed by atoms with Gasteiger partial charge in [0.25, 0.3) is 0 Å². The number of carboxylic acids is 1. The second-order valence-corrected chi connectivity index (χ2v) is 5.56. The van der Waals surface area contributed by atoms with Crippen LogP contribution in [0.3, 0.4) is 0 Å². The van der Waals surface area contributed by atoms with Crippen LogP contribution in [0.4, 0.5) is 16.2 Å². The Hall–Kier alpha value is -3.80. The molecule has 0 aliphatic carbocycles. The number of carbonyl (C=O) groups is 2. The summed E-state index contributed by atoms with van der Waals surface area (Å²) in [6, 6.07) is 20.4. The van der Waals surface area contributed by atoms with Crippen molar-refractivity contribution >= 4 is 23.4 Å². The van der Waals surface area contributed by atoms with Gasteiger partial charge in [-0.2, -0.15) is 0 Å². The van der Waals surface area contributed by atoms with Gasteiger partial charge in [-0.3, -0.25) is 0 Å². The zero-order valence-corrected chi connectivity index (χ0v) is 13.6. The molecule has 0 saturated carbocycles. The maximum absolute atomic E-state index is 12.2. The molecule has 0 saturated heterocycles. The summed E-state index contributed by atoms with van der Waals surface area (Å²) in [5.74, 6) is -1.64. The topological polar surface area (TPSA) is 98.7 Å². The number of nitrogens with one attached hydrogen (secondary N) is 2. The van der Waals surface area contributed by atoms with Gasteiger partial charge >= 0.3 is 12.0 Å². The van der Waals surface area contributed by atoms with E-state index in [-0.39, 0.29) is 17.0 Å². The summed E-state index contributed by atoms with van der Waals surface area (Å²) in [7, 11) is 0. The molecule has 26 heavy (non-hydrogen) atoms. The second-order valence-electron chi connectivity index (χ2n) is 5.56. The van der Waals surface area contributed by atoms with Gasteiger partial charge in [-0.25, -0.2) is 9.59 Å². The normalized spacial score (nSPS) is 10.2. The van der Waals surface area contributed by atoms with Crippen LogP contribution in [0.1, 0.15) is 10.4 Å². The molecule has 2 amide bonds. The molecule has 0 bridgehead atoms. The third-order valence-electron chi connectivity index (χ3n) is 3.71. The zero-order chi connectivity index (χ0) is 18.5. The fourth-order valence-electron chi connectivity index (χ4n) is 2.49. The van der Waals surface area contributed by atoms with Gasteiger partial charge in [-0.05, 0) is 41.5 Å². The Kier molecular flexibility index (Phi) is 4.85. The highest BCUT2D eigenvalue weighted by Crippen LogP contribution is 2.23. The molecule has 0 radical (unpaired) electrons. The lowest BCUT2D eigenvalue weighted by Crippen LogP contribution is -2.19. The van der Waals surface area contributed by atoms with Crippen LogP contribution >= 0.6 is 0 Å². The maximum atomic E-state index is 12.2. The van der Waals surface area contributed by atoms with E-state index >= 15 is 0 Å². The van der Waals surface area contributed by atoms with E-state index < -0.39 is 12.0 Å². The van der Waals surface area contributed by atoms with Gasteiger partial charge in [0, 0.05) is 11.4 Å². The van der Waals surface area contributed by atoms with Crippen molar-refractivity contribution in [3.63, 3.8) is 0 Å². The first-order valence-electron chi connectivity index (χ1n) is 7.83. The second kappa shape index (κ2) is 7.40. The average Bonchev–Trinajstić information content (AvgIpc) is 2.64. The van der Waals surface area contributed by atoms with E-state index in [0.717, 1.165) is 11.1 Å². The van der Waals surface area contributed by atoms with Gasteiger partial charge in [0.05, 0.1) is 0 Å². The Morgan fingerprint density at radius 1 is 0.731 bits per heavy atom. The number of carbonyl (C=O) groups excluding carboxylic acids is 1. The lowest BCUT2D eigenvalue weighted by Gasteiger charge is -2.10. The fraction of sp³-hybridized carbons (Fsp3) is 0. The number of amides is 2. The Bertz CT molecular complexity index is 955. The van der Waals surface area contributed by atoms with Gasteiger partial charge in [0.2, 0.25) is 0 Å². The molecule has 3 aromatic carbocycles. The van der Waals surface area contributed by atoms with Gasteiger partial charge in [0.15, 0.2) is 0 Å². The van der Waals surface area contributed by atoms with Crippen LogP contribution in [0.25, 0.3) is 11.1 Å². The SMILES string of the molecule is O=C(Nc1cccc(-c2ccccc2)c1)Nc1ccc(O)c(C(=O)O)c1. The van der Waals surface area contributed by atoms with E-state index in [9.17, 15) is 14.7 Å². The Morgan fingerprint density at radius 3 is 2.08 bits per heavy atom. The molecule has 3 rings (SSSR count). The summed E-state index contributed by atoms with van der Waals surface area (Å²) in [4.78, 5) is 23.2. The first kappa shape index (κ1) is 17.0. The number of hydrogen-bond donors (Lipinski definition) is 4. The Balaban J connectivity index is 1.73. The molecule has 3 aromatic rings. The number of aromatic carboxylic acids is 1. The first-order chi connectivity index (χ1) is 12.5. The molecule has 0 spiro atoms. The molecule has 0 heterocycles. The van der Waals surface area contributed by atoms with Gasteiger partial charge in [0.1, 0.15) is 11.3 Å². The van der Waals surface area contributed by atoms with Crippen molar-refractivity contribution in [3.8, 4) is 16.9 Å². The van der Waals surface area contributed by atoms with E-state index in [1.54, 1.807) is 6.07 Å². The minimum atomic E-state index is -1.28. The van der Waals surface area contributed by atoms with Crippen LogP contribution in [0.5, 0.6) is 5.75 Å². The van der Waals surface area contributed by atoms with Crippen molar-refractivity contribution in [1.29, 1.82) is 0 Å². The molecule has 0 aliphatic rings. The standard InChI is InChI=1S/C20H16N2O4/c23-18-10-9-16(12-17(18)19(24)25)22-20(26)21-15-8-4-7-14(11-15)13-5-2-1-3-6-13/h1-12,23H,(H,24,25)(H2,21,22,26).